The SMILES string of the molecule is C=Cc1c(Cl)c(Cl)c(Cl)c(Cl)c1C(=O)O. The summed E-state index contributed by atoms with van der Waals surface area (Å²) in [7, 11) is 0. The molecule has 0 heterocycles. The van der Waals surface area contributed by atoms with E-state index >= 15 is 0 Å². The first-order valence-corrected chi connectivity index (χ1v) is 5.14. The van der Waals surface area contributed by atoms with Crippen molar-refractivity contribution in [2.75, 3.05) is 0 Å². The van der Waals surface area contributed by atoms with Gasteiger partial charge in [-0.1, -0.05) is 59.1 Å². The lowest BCUT2D eigenvalue weighted by Crippen LogP contribution is -2.02. The van der Waals surface area contributed by atoms with Gasteiger partial charge in [0.05, 0.1) is 25.7 Å². The molecule has 1 N–H and O–H groups in total. The van der Waals surface area contributed by atoms with E-state index in [1.165, 1.54) is 6.08 Å². The van der Waals surface area contributed by atoms with Crippen molar-refractivity contribution in [3.05, 3.63) is 37.8 Å². The molecular formula is C9H4Cl4O2. The first-order chi connectivity index (χ1) is 6.91. The third kappa shape index (κ3) is 2.08. The van der Waals surface area contributed by atoms with E-state index in [9.17, 15) is 4.79 Å². The summed E-state index contributed by atoms with van der Waals surface area (Å²) in [5.74, 6) is -1.24. The van der Waals surface area contributed by atoms with Gasteiger partial charge >= 0.3 is 5.97 Å². The van der Waals surface area contributed by atoms with E-state index in [1.54, 1.807) is 0 Å². The van der Waals surface area contributed by atoms with Crippen molar-refractivity contribution in [1.82, 2.24) is 0 Å². The van der Waals surface area contributed by atoms with Crippen LogP contribution in [-0.4, -0.2) is 11.1 Å². The van der Waals surface area contributed by atoms with Gasteiger partial charge in [-0.25, -0.2) is 4.79 Å². The zero-order valence-corrected chi connectivity index (χ0v) is 10.2. The molecule has 0 unspecified atom stereocenters. The van der Waals surface area contributed by atoms with Gasteiger partial charge in [0, 0.05) is 5.56 Å². The molecule has 0 spiro atoms. The lowest BCUT2D eigenvalue weighted by molar-refractivity contribution is 0.0697. The van der Waals surface area contributed by atoms with E-state index in [-0.39, 0.29) is 31.2 Å². The molecule has 0 bridgehead atoms. The summed E-state index contributed by atoms with van der Waals surface area (Å²) in [6.45, 7) is 3.44. The minimum absolute atomic E-state index is 0.0169. The molecule has 0 aromatic heterocycles. The highest BCUT2D eigenvalue weighted by Gasteiger charge is 2.22. The monoisotopic (exact) mass is 284 g/mol. The van der Waals surface area contributed by atoms with E-state index in [2.05, 4.69) is 6.58 Å². The normalized spacial score (nSPS) is 10.1. The number of halogens is 4. The Bertz CT molecular complexity index is 454. The Labute approximate surface area is 106 Å². The molecule has 0 saturated carbocycles. The smallest absolute Gasteiger partial charge is 0.337 e. The maximum Gasteiger partial charge on any atom is 0.337 e. The van der Waals surface area contributed by atoms with E-state index in [4.69, 9.17) is 51.5 Å². The average molecular weight is 286 g/mol. The maximum atomic E-state index is 10.9. The average Bonchev–Trinajstić information content (AvgIpc) is 2.19. The molecule has 0 atom stereocenters. The highest BCUT2D eigenvalue weighted by atomic mass is 35.5. The van der Waals surface area contributed by atoms with Crippen molar-refractivity contribution in [2.45, 2.75) is 0 Å². The lowest BCUT2D eigenvalue weighted by Gasteiger charge is -2.10. The predicted molar refractivity (Wildman–Crippen MR) is 63.5 cm³/mol. The van der Waals surface area contributed by atoms with E-state index in [0.717, 1.165) is 0 Å². The molecule has 80 valence electrons. The van der Waals surface area contributed by atoms with E-state index in [0.29, 0.717) is 0 Å². The van der Waals surface area contributed by atoms with Crippen molar-refractivity contribution in [2.24, 2.45) is 0 Å². The molecule has 0 aliphatic rings. The van der Waals surface area contributed by atoms with Crippen LogP contribution in [0.25, 0.3) is 6.08 Å². The van der Waals surface area contributed by atoms with Gasteiger partial charge in [0.25, 0.3) is 0 Å². The fourth-order valence-corrected chi connectivity index (χ4v) is 2.07. The molecule has 1 rings (SSSR count). The van der Waals surface area contributed by atoms with Crippen molar-refractivity contribution in [3.8, 4) is 0 Å². The van der Waals surface area contributed by atoms with Gasteiger partial charge in [0.15, 0.2) is 0 Å². The second-order valence-corrected chi connectivity index (χ2v) is 4.07. The van der Waals surface area contributed by atoms with Crippen LogP contribution < -0.4 is 0 Å². The Kier molecular flexibility index (Phi) is 3.90. The minimum Gasteiger partial charge on any atom is -0.478 e. The topological polar surface area (TPSA) is 37.3 Å². The Hall–Kier alpha value is -0.410. The van der Waals surface area contributed by atoms with Gasteiger partial charge < -0.3 is 5.11 Å². The highest BCUT2D eigenvalue weighted by Crippen LogP contribution is 2.41. The van der Waals surface area contributed by atoms with Crippen LogP contribution in [0.4, 0.5) is 0 Å². The Balaban J connectivity index is 3.78. The zero-order chi connectivity index (χ0) is 11.7. The Morgan fingerprint density at radius 1 is 1.07 bits per heavy atom. The molecule has 15 heavy (non-hydrogen) atoms. The number of hydrogen-bond acceptors (Lipinski definition) is 1. The van der Waals surface area contributed by atoms with Crippen molar-refractivity contribution < 1.29 is 9.90 Å². The molecule has 0 aliphatic carbocycles. The first-order valence-electron chi connectivity index (χ1n) is 3.63. The van der Waals surface area contributed by atoms with Crippen molar-refractivity contribution >= 4 is 58.4 Å². The zero-order valence-electron chi connectivity index (χ0n) is 7.15. The molecule has 1 aromatic carbocycles. The van der Waals surface area contributed by atoms with E-state index in [1.807, 2.05) is 0 Å². The summed E-state index contributed by atoms with van der Waals surface area (Å²) < 4.78 is 0. The molecular weight excluding hydrogens is 282 g/mol. The largest absolute Gasteiger partial charge is 0.478 e. The van der Waals surface area contributed by atoms with Crippen LogP contribution in [0.3, 0.4) is 0 Å². The lowest BCUT2D eigenvalue weighted by atomic mass is 10.1. The number of benzene rings is 1. The summed E-state index contributed by atoms with van der Waals surface area (Å²) >= 11 is 23.0. The fourth-order valence-electron chi connectivity index (χ4n) is 1.05. The summed E-state index contributed by atoms with van der Waals surface area (Å²) in [6.07, 6.45) is 1.26. The van der Waals surface area contributed by atoms with Crippen molar-refractivity contribution in [3.63, 3.8) is 0 Å². The van der Waals surface area contributed by atoms with Crippen LogP contribution in [0.1, 0.15) is 15.9 Å². The molecule has 0 fully saturated rings. The molecule has 0 amide bonds. The molecule has 2 nitrogen and oxygen atoms in total. The molecule has 1 aromatic rings. The highest BCUT2D eigenvalue weighted by molar-refractivity contribution is 6.53. The number of carbonyl (C=O) groups is 1. The fraction of sp³-hybridized carbons (Fsp3) is 0. The third-order valence-electron chi connectivity index (χ3n) is 1.72. The Morgan fingerprint density at radius 2 is 1.53 bits per heavy atom. The second-order valence-electron chi connectivity index (χ2n) is 2.55. The van der Waals surface area contributed by atoms with Gasteiger partial charge in [0.2, 0.25) is 0 Å². The van der Waals surface area contributed by atoms with Crippen LogP contribution in [0.15, 0.2) is 6.58 Å². The van der Waals surface area contributed by atoms with Gasteiger partial charge in [0.1, 0.15) is 0 Å². The second kappa shape index (κ2) is 4.62. The molecule has 0 radical (unpaired) electrons. The van der Waals surface area contributed by atoms with Crippen LogP contribution in [0.2, 0.25) is 20.1 Å². The first kappa shape index (κ1) is 12.7. The van der Waals surface area contributed by atoms with Crippen LogP contribution in [-0.2, 0) is 0 Å². The predicted octanol–water partition coefficient (Wildman–Crippen LogP) is 4.64. The van der Waals surface area contributed by atoms with Gasteiger partial charge in [-0.05, 0) is 0 Å². The van der Waals surface area contributed by atoms with Gasteiger partial charge in [-0.3, -0.25) is 0 Å². The molecule has 0 saturated heterocycles. The van der Waals surface area contributed by atoms with Crippen molar-refractivity contribution in [1.29, 1.82) is 0 Å². The standard InChI is InChI=1S/C9H4Cl4O2/c1-2-3-4(9(14)15)6(11)8(13)7(12)5(3)10/h2H,1H2,(H,14,15). The number of carboxylic acid groups (broad SMARTS) is 1. The number of rotatable bonds is 2. The quantitative estimate of drug-likeness (QED) is 0.635. The van der Waals surface area contributed by atoms with Crippen LogP contribution in [0.5, 0.6) is 0 Å². The summed E-state index contributed by atoms with van der Waals surface area (Å²) in [5.41, 5.74) is -0.0466. The number of hydrogen-bond donors (Lipinski definition) is 1. The minimum atomic E-state index is -1.24. The molecule has 6 heteroatoms. The van der Waals surface area contributed by atoms with Crippen LogP contribution >= 0.6 is 46.4 Å². The summed E-state index contributed by atoms with van der Waals surface area (Å²) in [4.78, 5) is 10.9. The molecule has 0 aliphatic heterocycles. The summed E-state index contributed by atoms with van der Waals surface area (Å²) in [5, 5.41) is 8.75. The van der Waals surface area contributed by atoms with Gasteiger partial charge in [-0.2, -0.15) is 0 Å². The maximum absolute atomic E-state index is 10.9. The number of carboxylic acids is 1. The summed E-state index contributed by atoms with van der Waals surface area (Å²) in [6, 6.07) is 0. The third-order valence-corrected chi connectivity index (χ3v) is 3.54. The van der Waals surface area contributed by atoms with Crippen LogP contribution in [0, 0.1) is 0 Å². The van der Waals surface area contributed by atoms with Gasteiger partial charge in [-0.15, -0.1) is 0 Å². The Morgan fingerprint density at radius 3 is 1.93 bits per heavy atom. The number of aromatic carboxylic acids is 1. The van der Waals surface area contributed by atoms with E-state index < -0.39 is 5.97 Å².